The summed E-state index contributed by atoms with van der Waals surface area (Å²) in [5, 5.41) is 19.2. The molecule has 5 nitrogen and oxygen atoms in total. The minimum Gasteiger partial charge on any atom is -0.480 e. The quantitative estimate of drug-likeness (QED) is 0.439. The largest absolute Gasteiger partial charge is 0.480 e. The average Bonchev–Trinajstić information content (AvgIpc) is 3.16. The summed E-state index contributed by atoms with van der Waals surface area (Å²) >= 11 is 0. The molecular formula is C20H34O5. The van der Waals surface area contributed by atoms with E-state index in [1.54, 1.807) is 0 Å². The summed E-state index contributed by atoms with van der Waals surface area (Å²) < 4.78 is 11.3. The van der Waals surface area contributed by atoms with E-state index in [0.29, 0.717) is 18.4 Å². The van der Waals surface area contributed by atoms with Gasteiger partial charge in [-0.15, -0.1) is 0 Å². The maximum absolute atomic E-state index is 10.6. The van der Waals surface area contributed by atoms with Gasteiger partial charge in [0.2, 0.25) is 0 Å². The highest BCUT2D eigenvalue weighted by Crippen LogP contribution is 2.46. The van der Waals surface area contributed by atoms with Gasteiger partial charge in [0.05, 0.1) is 18.3 Å². The second kappa shape index (κ2) is 9.15. The molecule has 25 heavy (non-hydrogen) atoms. The average molecular weight is 354 g/mol. The first kappa shape index (κ1) is 20.4. The minimum atomic E-state index is -0.932. The molecule has 2 heterocycles. The van der Waals surface area contributed by atoms with Crippen LogP contribution in [0.4, 0.5) is 0 Å². The number of rotatable bonds is 11. The second-order valence-electron chi connectivity index (χ2n) is 8.19. The molecule has 0 aromatic heterocycles. The predicted molar refractivity (Wildman–Crippen MR) is 96.4 cm³/mol. The first-order chi connectivity index (χ1) is 11.8. The van der Waals surface area contributed by atoms with E-state index >= 15 is 0 Å². The van der Waals surface area contributed by atoms with Gasteiger partial charge in [0, 0.05) is 12.5 Å². The number of aliphatic hydroxyl groups is 1. The van der Waals surface area contributed by atoms with Crippen LogP contribution in [-0.4, -0.2) is 47.7 Å². The SMILES string of the molecule is CCCCC(C)(C)C(O)/C=C/[C@@H]1[C@H](CCOCC(=O)O)[C@@H]2CC[C@H]1O2. The third-order valence-corrected chi connectivity index (χ3v) is 5.80. The van der Waals surface area contributed by atoms with E-state index in [2.05, 4.69) is 26.8 Å². The Morgan fingerprint density at radius 3 is 2.76 bits per heavy atom. The molecule has 0 radical (unpaired) electrons. The number of aliphatic carboxylic acids is 1. The van der Waals surface area contributed by atoms with Gasteiger partial charge in [-0.05, 0) is 37.0 Å². The van der Waals surface area contributed by atoms with Crippen molar-refractivity contribution in [2.45, 2.75) is 77.6 Å². The van der Waals surface area contributed by atoms with E-state index in [9.17, 15) is 9.90 Å². The van der Waals surface area contributed by atoms with Crippen molar-refractivity contribution in [3.8, 4) is 0 Å². The number of hydrogen-bond donors (Lipinski definition) is 2. The number of ether oxygens (including phenoxy) is 2. The molecule has 2 aliphatic heterocycles. The Labute approximate surface area is 151 Å². The molecule has 2 bridgehead atoms. The van der Waals surface area contributed by atoms with Gasteiger partial charge in [0.1, 0.15) is 6.61 Å². The normalized spacial score (nSPS) is 30.2. The summed E-state index contributed by atoms with van der Waals surface area (Å²) in [6, 6.07) is 0. The molecule has 0 spiro atoms. The number of carboxylic acids is 1. The van der Waals surface area contributed by atoms with Crippen molar-refractivity contribution in [3.63, 3.8) is 0 Å². The van der Waals surface area contributed by atoms with E-state index in [1.165, 1.54) is 0 Å². The van der Waals surface area contributed by atoms with Gasteiger partial charge < -0.3 is 19.7 Å². The van der Waals surface area contributed by atoms with Crippen LogP contribution in [0.3, 0.4) is 0 Å². The molecule has 2 aliphatic rings. The highest BCUT2D eigenvalue weighted by atomic mass is 16.5. The summed E-state index contributed by atoms with van der Waals surface area (Å²) in [4.78, 5) is 10.5. The van der Waals surface area contributed by atoms with Crippen LogP contribution in [0.2, 0.25) is 0 Å². The van der Waals surface area contributed by atoms with Crippen LogP contribution in [-0.2, 0) is 14.3 Å². The fraction of sp³-hybridized carbons (Fsp3) is 0.850. The first-order valence-corrected chi connectivity index (χ1v) is 9.66. The Balaban J connectivity index is 1.90. The van der Waals surface area contributed by atoms with Crippen LogP contribution < -0.4 is 0 Å². The first-order valence-electron chi connectivity index (χ1n) is 9.66. The van der Waals surface area contributed by atoms with Crippen molar-refractivity contribution in [1.82, 2.24) is 0 Å². The smallest absolute Gasteiger partial charge is 0.329 e. The fourth-order valence-electron chi connectivity index (χ4n) is 4.11. The summed E-state index contributed by atoms with van der Waals surface area (Å²) in [5.74, 6) is -0.281. The lowest BCUT2D eigenvalue weighted by atomic mass is 9.76. The zero-order chi connectivity index (χ0) is 18.4. The van der Waals surface area contributed by atoms with Crippen molar-refractivity contribution in [1.29, 1.82) is 0 Å². The van der Waals surface area contributed by atoms with Crippen molar-refractivity contribution >= 4 is 5.97 Å². The molecule has 2 N–H and O–H groups in total. The zero-order valence-electron chi connectivity index (χ0n) is 15.8. The molecule has 5 atom stereocenters. The molecule has 0 aromatic rings. The van der Waals surface area contributed by atoms with Crippen LogP contribution in [0, 0.1) is 17.3 Å². The highest BCUT2D eigenvalue weighted by molar-refractivity contribution is 5.67. The Hall–Kier alpha value is -0.910. The Bertz CT molecular complexity index is 459. The lowest BCUT2D eigenvalue weighted by Gasteiger charge is -2.30. The minimum absolute atomic E-state index is 0.120. The third kappa shape index (κ3) is 5.53. The molecule has 0 aromatic carbocycles. The molecule has 1 unspecified atom stereocenters. The molecular weight excluding hydrogens is 320 g/mol. The number of carbonyl (C=O) groups is 1. The molecule has 5 heteroatoms. The van der Waals surface area contributed by atoms with Crippen molar-refractivity contribution in [3.05, 3.63) is 12.2 Å². The predicted octanol–water partition coefficient (Wildman–Crippen LogP) is 3.40. The summed E-state index contributed by atoms with van der Waals surface area (Å²) in [6.07, 6.45) is 10.3. The van der Waals surface area contributed by atoms with E-state index in [-0.39, 0.29) is 24.2 Å². The summed E-state index contributed by atoms with van der Waals surface area (Å²) in [6.45, 7) is 6.60. The van der Waals surface area contributed by atoms with Crippen molar-refractivity contribution in [2.75, 3.05) is 13.2 Å². The Morgan fingerprint density at radius 2 is 2.08 bits per heavy atom. The van der Waals surface area contributed by atoms with E-state index < -0.39 is 12.1 Å². The fourth-order valence-corrected chi connectivity index (χ4v) is 4.11. The van der Waals surface area contributed by atoms with Gasteiger partial charge in [-0.25, -0.2) is 4.79 Å². The van der Waals surface area contributed by atoms with Crippen LogP contribution in [0.5, 0.6) is 0 Å². The van der Waals surface area contributed by atoms with Crippen LogP contribution >= 0.6 is 0 Å². The second-order valence-corrected chi connectivity index (χ2v) is 8.19. The van der Waals surface area contributed by atoms with Gasteiger partial charge in [-0.2, -0.15) is 0 Å². The van der Waals surface area contributed by atoms with Crippen LogP contribution in [0.15, 0.2) is 12.2 Å². The van der Waals surface area contributed by atoms with Crippen molar-refractivity contribution in [2.24, 2.45) is 17.3 Å². The summed E-state index contributed by atoms with van der Waals surface area (Å²) in [7, 11) is 0. The number of carboxylic acid groups (broad SMARTS) is 1. The van der Waals surface area contributed by atoms with E-state index in [0.717, 1.165) is 38.5 Å². The maximum atomic E-state index is 10.6. The molecule has 144 valence electrons. The zero-order valence-corrected chi connectivity index (χ0v) is 15.8. The van der Waals surface area contributed by atoms with Crippen LogP contribution in [0.25, 0.3) is 0 Å². The highest BCUT2D eigenvalue weighted by Gasteiger charge is 2.47. The summed E-state index contributed by atoms with van der Waals surface area (Å²) in [5.41, 5.74) is -0.120. The topological polar surface area (TPSA) is 76.0 Å². The maximum Gasteiger partial charge on any atom is 0.329 e. The Morgan fingerprint density at radius 1 is 1.36 bits per heavy atom. The number of hydrogen-bond acceptors (Lipinski definition) is 4. The van der Waals surface area contributed by atoms with Gasteiger partial charge >= 0.3 is 5.97 Å². The van der Waals surface area contributed by atoms with Crippen LogP contribution in [0.1, 0.15) is 59.3 Å². The molecule has 2 rings (SSSR count). The van der Waals surface area contributed by atoms with Gasteiger partial charge in [0.25, 0.3) is 0 Å². The standard InChI is InChI=1S/C20H34O5/c1-4-5-11-20(2,3)18(21)9-6-14-15(10-12-24-13-19(22)23)17-8-7-16(14)25-17/h6,9,14-18,21H,4-5,7-8,10-13H2,1-3H3,(H,22,23)/b9-6+/t14-,15+,16-,17+,18?/m1/s1. The van der Waals surface area contributed by atoms with Gasteiger partial charge in [0.15, 0.2) is 0 Å². The number of fused-ring (bicyclic) bond motifs is 2. The van der Waals surface area contributed by atoms with Gasteiger partial charge in [-0.1, -0.05) is 45.8 Å². The van der Waals surface area contributed by atoms with Crippen molar-refractivity contribution < 1.29 is 24.5 Å². The molecule has 0 aliphatic carbocycles. The number of aliphatic hydroxyl groups excluding tert-OH is 1. The van der Waals surface area contributed by atoms with E-state index in [4.69, 9.17) is 14.6 Å². The molecule has 2 saturated heterocycles. The van der Waals surface area contributed by atoms with E-state index in [1.807, 2.05) is 6.08 Å². The monoisotopic (exact) mass is 354 g/mol. The number of unbranched alkanes of at least 4 members (excludes halogenated alkanes) is 1. The third-order valence-electron chi connectivity index (χ3n) is 5.80. The lowest BCUT2D eigenvalue weighted by molar-refractivity contribution is -0.142. The molecule has 2 fully saturated rings. The molecule has 0 saturated carbocycles. The Kier molecular flexibility index (Phi) is 7.47. The van der Waals surface area contributed by atoms with Gasteiger partial charge in [-0.3, -0.25) is 0 Å². The lowest BCUT2D eigenvalue weighted by Crippen LogP contribution is -2.30. The molecule has 0 amide bonds.